The van der Waals surface area contributed by atoms with Crippen LogP contribution in [0.25, 0.3) is 11.0 Å². The lowest BCUT2D eigenvalue weighted by molar-refractivity contribution is 0.0198. The Morgan fingerprint density at radius 3 is 2.79 bits per heavy atom. The lowest BCUT2D eigenvalue weighted by Gasteiger charge is -2.32. The fourth-order valence-electron chi connectivity index (χ4n) is 3.80. The van der Waals surface area contributed by atoms with Crippen molar-refractivity contribution in [2.45, 2.75) is 33.2 Å². The summed E-state index contributed by atoms with van der Waals surface area (Å²) in [6, 6.07) is 8.92. The van der Waals surface area contributed by atoms with Gasteiger partial charge in [0.05, 0.1) is 25.2 Å². The van der Waals surface area contributed by atoms with Crippen LogP contribution in [0.3, 0.4) is 0 Å². The van der Waals surface area contributed by atoms with Crippen LogP contribution in [0.4, 0.5) is 11.6 Å². The van der Waals surface area contributed by atoms with Crippen molar-refractivity contribution >= 4 is 22.7 Å². The second kappa shape index (κ2) is 8.80. The van der Waals surface area contributed by atoms with Gasteiger partial charge in [0, 0.05) is 31.0 Å². The van der Waals surface area contributed by atoms with Gasteiger partial charge in [0.1, 0.15) is 5.65 Å². The molecule has 7 nitrogen and oxygen atoms in total. The molecule has 0 unspecified atom stereocenters. The number of H-pyrrole nitrogens is 1. The van der Waals surface area contributed by atoms with Crippen molar-refractivity contribution in [3.63, 3.8) is 0 Å². The SMILES string of the molecule is CCOc1nc(Nc2ccc([C@H](C)N3CCOCC3)cc2CC)nc2[nH]ccc12. The van der Waals surface area contributed by atoms with E-state index in [4.69, 9.17) is 9.47 Å². The van der Waals surface area contributed by atoms with Gasteiger partial charge < -0.3 is 19.8 Å². The van der Waals surface area contributed by atoms with Crippen molar-refractivity contribution in [2.24, 2.45) is 0 Å². The van der Waals surface area contributed by atoms with Crippen molar-refractivity contribution < 1.29 is 9.47 Å². The first kappa shape index (κ1) is 19.7. The van der Waals surface area contributed by atoms with Crippen LogP contribution in [0, 0.1) is 0 Å². The van der Waals surface area contributed by atoms with Crippen molar-refractivity contribution in [1.82, 2.24) is 19.9 Å². The van der Waals surface area contributed by atoms with E-state index < -0.39 is 0 Å². The normalized spacial score (nSPS) is 16.1. The maximum absolute atomic E-state index is 5.70. The van der Waals surface area contributed by atoms with Gasteiger partial charge in [-0.15, -0.1) is 0 Å². The van der Waals surface area contributed by atoms with E-state index in [-0.39, 0.29) is 0 Å². The third kappa shape index (κ3) is 4.21. The number of anilines is 2. The summed E-state index contributed by atoms with van der Waals surface area (Å²) in [4.78, 5) is 14.8. The third-order valence-corrected chi connectivity index (χ3v) is 5.49. The largest absolute Gasteiger partial charge is 0.477 e. The Kier molecular flexibility index (Phi) is 5.97. The quantitative estimate of drug-likeness (QED) is 0.628. The molecule has 3 aromatic rings. The third-order valence-electron chi connectivity index (χ3n) is 5.49. The molecule has 29 heavy (non-hydrogen) atoms. The Bertz CT molecular complexity index is 965. The highest BCUT2D eigenvalue weighted by Crippen LogP contribution is 2.29. The predicted octanol–water partition coefficient (Wildman–Crippen LogP) is 4.06. The molecular weight excluding hydrogens is 366 g/mol. The van der Waals surface area contributed by atoms with Gasteiger partial charge in [-0.25, -0.2) is 0 Å². The monoisotopic (exact) mass is 395 g/mol. The fourth-order valence-corrected chi connectivity index (χ4v) is 3.80. The van der Waals surface area contributed by atoms with Gasteiger partial charge in [-0.2, -0.15) is 9.97 Å². The number of rotatable bonds is 7. The van der Waals surface area contributed by atoms with Gasteiger partial charge in [0.25, 0.3) is 0 Å². The van der Waals surface area contributed by atoms with E-state index in [1.807, 2.05) is 19.2 Å². The Morgan fingerprint density at radius 2 is 2.03 bits per heavy atom. The molecule has 1 aliphatic heterocycles. The number of morpholine rings is 1. The van der Waals surface area contributed by atoms with Crippen LogP contribution in [0.1, 0.15) is 37.9 Å². The van der Waals surface area contributed by atoms with Gasteiger partial charge in [0.2, 0.25) is 11.8 Å². The zero-order valence-corrected chi connectivity index (χ0v) is 17.4. The Hall–Kier alpha value is -2.64. The first-order valence-electron chi connectivity index (χ1n) is 10.4. The number of benzene rings is 1. The van der Waals surface area contributed by atoms with E-state index in [0.717, 1.165) is 49.4 Å². The van der Waals surface area contributed by atoms with E-state index in [1.165, 1.54) is 11.1 Å². The molecule has 0 amide bonds. The summed E-state index contributed by atoms with van der Waals surface area (Å²) in [5.74, 6) is 1.13. The first-order chi connectivity index (χ1) is 14.2. The van der Waals surface area contributed by atoms with Crippen LogP contribution in [-0.4, -0.2) is 52.8 Å². The van der Waals surface area contributed by atoms with Crippen LogP contribution in [-0.2, 0) is 11.2 Å². The highest BCUT2D eigenvalue weighted by atomic mass is 16.5. The maximum Gasteiger partial charge on any atom is 0.232 e. The molecular formula is C22H29N5O2. The van der Waals surface area contributed by atoms with Crippen molar-refractivity contribution in [3.8, 4) is 5.88 Å². The van der Waals surface area contributed by atoms with Crippen LogP contribution < -0.4 is 10.1 Å². The van der Waals surface area contributed by atoms with E-state index >= 15 is 0 Å². The second-order valence-corrected chi connectivity index (χ2v) is 7.24. The van der Waals surface area contributed by atoms with Crippen LogP contribution in [0.5, 0.6) is 5.88 Å². The Labute approximate surface area is 171 Å². The fraction of sp³-hybridized carbons (Fsp3) is 0.455. The molecule has 2 N–H and O–H groups in total. The van der Waals surface area contributed by atoms with Crippen LogP contribution >= 0.6 is 0 Å². The van der Waals surface area contributed by atoms with E-state index in [9.17, 15) is 0 Å². The molecule has 0 aliphatic carbocycles. The molecule has 1 fully saturated rings. The number of ether oxygens (including phenoxy) is 2. The predicted molar refractivity (Wildman–Crippen MR) is 115 cm³/mol. The lowest BCUT2D eigenvalue weighted by Crippen LogP contribution is -2.38. The molecule has 4 rings (SSSR count). The molecule has 0 radical (unpaired) electrons. The zero-order valence-electron chi connectivity index (χ0n) is 17.4. The highest BCUT2D eigenvalue weighted by molar-refractivity contribution is 5.82. The molecule has 2 aromatic heterocycles. The topological polar surface area (TPSA) is 75.3 Å². The molecule has 3 heterocycles. The smallest absolute Gasteiger partial charge is 0.232 e. The molecule has 1 aliphatic rings. The summed E-state index contributed by atoms with van der Waals surface area (Å²) < 4.78 is 11.2. The summed E-state index contributed by atoms with van der Waals surface area (Å²) in [6.07, 6.45) is 2.78. The number of aryl methyl sites for hydroxylation is 1. The molecule has 0 spiro atoms. The standard InChI is InChI=1S/C22H29N5O2/c1-4-16-14-17(15(3)27-10-12-28-13-11-27)6-7-19(16)24-22-25-20-18(8-9-23-20)21(26-22)29-5-2/h6-9,14-15H,4-5,10-13H2,1-3H3,(H2,23,24,25,26)/t15-/m0/s1. The van der Waals surface area contributed by atoms with E-state index in [1.54, 1.807) is 0 Å². The second-order valence-electron chi connectivity index (χ2n) is 7.24. The lowest BCUT2D eigenvalue weighted by atomic mass is 10.0. The number of fused-ring (bicyclic) bond motifs is 1. The molecule has 0 saturated carbocycles. The molecule has 1 saturated heterocycles. The summed E-state index contributed by atoms with van der Waals surface area (Å²) >= 11 is 0. The summed E-state index contributed by atoms with van der Waals surface area (Å²) in [5, 5.41) is 4.29. The number of hydrogen-bond donors (Lipinski definition) is 2. The Morgan fingerprint density at radius 1 is 1.21 bits per heavy atom. The zero-order chi connectivity index (χ0) is 20.2. The Balaban J connectivity index is 1.59. The van der Waals surface area contributed by atoms with Gasteiger partial charge >= 0.3 is 0 Å². The first-order valence-corrected chi connectivity index (χ1v) is 10.4. The molecule has 0 bridgehead atoms. The molecule has 7 heteroatoms. The van der Waals surface area contributed by atoms with E-state index in [2.05, 4.69) is 57.2 Å². The van der Waals surface area contributed by atoms with Gasteiger partial charge in [-0.3, -0.25) is 4.90 Å². The van der Waals surface area contributed by atoms with Crippen molar-refractivity contribution in [1.29, 1.82) is 0 Å². The minimum Gasteiger partial charge on any atom is -0.477 e. The van der Waals surface area contributed by atoms with Crippen LogP contribution in [0.15, 0.2) is 30.5 Å². The average molecular weight is 396 g/mol. The highest BCUT2D eigenvalue weighted by Gasteiger charge is 2.19. The minimum absolute atomic E-state index is 0.370. The number of aromatic nitrogens is 3. The molecule has 1 aromatic carbocycles. The minimum atomic E-state index is 0.370. The molecule has 1 atom stereocenters. The van der Waals surface area contributed by atoms with Crippen molar-refractivity contribution in [2.75, 3.05) is 38.2 Å². The number of nitrogens with one attached hydrogen (secondary N) is 2. The number of aromatic amines is 1. The van der Waals surface area contributed by atoms with Gasteiger partial charge in [-0.05, 0) is 43.5 Å². The maximum atomic E-state index is 5.70. The average Bonchev–Trinajstić information content (AvgIpc) is 3.23. The van der Waals surface area contributed by atoms with E-state index in [0.29, 0.717) is 24.5 Å². The summed E-state index contributed by atoms with van der Waals surface area (Å²) in [6.45, 7) is 10.5. The van der Waals surface area contributed by atoms with Crippen molar-refractivity contribution in [3.05, 3.63) is 41.6 Å². The molecule has 154 valence electrons. The summed E-state index contributed by atoms with van der Waals surface area (Å²) in [7, 11) is 0. The number of nitrogens with zero attached hydrogens (tertiary/aromatic N) is 3. The van der Waals surface area contributed by atoms with Gasteiger partial charge in [0.15, 0.2) is 0 Å². The van der Waals surface area contributed by atoms with Crippen LogP contribution in [0.2, 0.25) is 0 Å². The number of hydrogen-bond acceptors (Lipinski definition) is 6. The van der Waals surface area contributed by atoms with Gasteiger partial charge in [-0.1, -0.05) is 19.1 Å². The summed E-state index contributed by atoms with van der Waals surface area (Å²) in [5.41, 5.74) is 4.36.